The third kappa shape index (κ3) is 2.55. The Morgan fingerprint density at radius 2 is 1.83 bits per heavy atom. The molecule has 2 aliphatic heterocycles. The fourth-order valence-corrected chi connectivity index (χ4v) is 5.07. The summed E-state index contributed by atoms with van der Waals surface area (Å²) >= 11 is 1.95. The Bertz CT molecular complexity index is 728. The van der Waals surface area contributed by atoms with Crippen LogP contribution in [0.2, 0.25) is 0 Å². The first-order valence-electron chi connectivity index (χ1n) is 8.64. The third-order valence-corrected chi connectivity index (χ3v) is 6.55. The summed E-state index contributed by atoms with van der Waals surface area (Å²) in [5.41, 5.74) is 2.68. The molecule has 4 nitrogen and oxygen atoms in total. The molecule has 1 aromatic carbocycles. The maximum Gasteiger partial charge on any atom is 0.257 e. The number of benzene rings is 1. The van der Waals surface area contributed by atoms with Gasteiger partial charge < -0.3 is 4.90 Å². The summed E-state index contributed by atoms with van der Waals surface area (Å²) in [4.78, 5) is 15.3. The lowest BCUT2D eigenvalue weighted by Crippen LogP contribution is -2.47. The first-order chi connectivity index (χ1) is 11.7. The molecule has 3 heterocycles. The van der Waals surface area contributed by atoms with Gasteiger partial charge in [0.05, 0.1) is 23.1 Å². The van der Waals surface area contributed by atoms with Gasteiger partial charge in [0.25, 0.3) is 5.91 Å². The molecule has 2 fully saturated rings. The van der Waals surface area contributed by atoms with E-state index in [0.717, 1.165) is 42.6 Å². The zero-order chi connectivity index (χ0) is 16.7. The Labute approximate surface area is 147 Å². The molecule has 0 saturated carbocycles. The lowest BCUT2D eigenvalue weighted by molar-refractivity contribution is 0.0601. The molecule has 1 aromatic heterocycles. The summed E-state index contributed by atoms with van der Waals surface area (Å²) in [5, 5.41) is 5.18. The number of rotatable bonds is 3. The van der Waals surface area contributed by atoms with E-state index < -0.39 is 0 Å². The quantitative estimate of drug-likeness (QED) is 0.855. The van der Waals surface area contributed by atoms with Crippen molar-refractivity contribution in [2.45, 2.75) is 49.9 Å². The van der Waals surface area contributed by atoms with Crippen molar-refractivity contribution in [2.24, 2.45) is 0 Å². The van der Waals surface area contributed by atoms with Gasteiger partial charge in [0.15, 0.2) is 0 Å². The van der Waals surface area contributed by atoms with Crippen molar-refractivity contribution in [3.8, 4) is 5.69 Å². The van der Waals surface area contributed by atoms with E-state index in [1.807, 2.05) is 53.7 Å². The van der Waals surface area contributed by atoms with Crippen molar-refractivity contribution in [3.05, 3.63) is 47.8 Å². The number of hydrogen-bond donors (Lipinski definition) is 0. The van der Waals surface area contributed by atoms with Crippen molar-refractivity contribution in [1.82, 2.24) is 14.7 Å². The van der Waals surface area contributed by atoms with Crippen LogP contribution in [0.15, 0.2) is 36.5 Å². The standard InChI is InChI=1S/C19H23N3OS/c1-13-18(12-20-22(13)14-6-4-3-5-7-14)19(23)21-15-8-9-16(21)11-17(10-15)24-2/h3-7,12,15-17H,8-11H2,1-2H3. The van der Waals surface area contributed by atoms with Crippen molar-refractivity contribution >= 4 is 17.7 Å². The molecular formula is C19H23N3OS. The lowest BCUT2D eigenvalue weighted by atomic mass is 10.0. The summed E-state index contributed by atoms with van der Waals surface area (Å²) in [6, 6.07) is 10.8. The van der Waals surface area contributed by atoms with E-state index in [1.54, 1.807) is 6.20 Å². The number of para-hydroxylation sites is 1. The second-order valence-corrected chi connectivity index (χ2v) is 7.96. The summed E-state index contributed by atoms with van der Waals surface area (Å²) in [6.45, 7) is 1.99. The predicted octanol–water partition coefficient (Wildman–Crippen LogP) is 3.68. The van der Waals surface area contributed by atoms with Gasteiger partial charge in [-0.1, -0.05) is 18.2 Å². The van der Waals surface area contributed by atoms with Crippen molar-refractivity contribution in [1.29, 1.82) is 0 Å². The Morgan fingerprint density at radius 3 is 2.46 bits per heavy atom. The molecule has 24 heavy (non-hydrogen) atoms. The molecular weight excluding hydrogens is 318 g/mol. The highest BCUT2D eigenvalue weighted by Crippen LogP contribution is 2.40. The maximum absolute atomic E-state index is 13.2. The van der Waals surface area contributed by atoms with Gasteiger partial charge >= 0.3 is 0 Å². The van der Waals surface area contributed by atoms with Crippen molar-refractivity contribution < 1.29 is 4.79 Å². The molecule has 126 valence electrons. The molecule has 2 saturated heterocycles. The normalized spacial score (nSPS) is 25.9. The van der Waals surface area contributed by atoms with E-state index >= 15 is 0 Å². The van der Waals surface area contributed by atoms with Crippen molar-refractivity contribution in [2.75, 3.05) is 6.26 Å². The van der Waals surface area contributed by atoms with Crippen molar-refractivity contribution in [3.63, 3.8) is 0 Å². The Balaban J connectivity index is 1.61. The average molecular weight is 341 g/mol. The molecule has 2 aromatic rings. The summed E-state index contributed by atoms with van der Waals surface area (Å²) in [6.07, 6.45) is 8.50. The minimum atomic E-state index is 0.168. The second kappa shape index (κ2) is 6.28. The second-order valence-electron chi connectivity index (χ2n) is 6.82. The maximum atomic E-state index is 13.2. The fourth-order valence-electron chi connectivity index (χ4n) is 4.24. The van der Waals surface area contributed by atoms with Gasteiger partial charge in [-0.25, -0.2) is 4.68 Å². The number of carbonyl (C=O) groups is 1. The highest BCUT2D eigenvalue weighted by Gasteiger charge is 2.43. The van der Waals surface area contributed by atoms with Crippen LogP contribution in [0.25, 0.3) is 5.69 Å². The number of nitrogens with zero attached hydrogens (tertiary/aromatic N) is 3. The smallest absolute Gasteiger partial charge is 0.257 e. The topological polar surface area (TPSA) is 38.1 Å². The van der Waals surface area contributed by atoms with E-state index in [1.165, 1.54) is 0 Å². The van der Waals surface area contributed by atoms with Crippen LogP contribution in [0.5, 0.6) is 0 Å². The third-order valence-electron chi connectivity index (χ3n) is 5.50. The summed E-state index contributed by atoms with van der Waals surface area (Å²) in [7, 11) is 0. The fraction of sp³-hybridized carbons (Fsp3) is 0.474. The number of fused-ring (bicyclic) bond motifs is 2. The minimum absolute atomic E-state index is 0.168. The van der Waals surface area contributed by atoms with Crippen LogP contribution in [0, 0.1) is 6.92 Å². The van der Waals surface area contributed by atoms with Crippen LogP contribution in [-0.2, 0) is 0 Å². The molecule has 2 bridgehead atoms. The summed E-state index contributed by atoms with van der Waals surface area (Å²) in [5.74, 6) is 0.168. The van der Waals surface area contributed by atoms with Gasteiger partial charge in [-0.3, -0.25) is 4.79 Å². The number of aromatic nitrogens is 2. The molecule has 0 aliphatic carbocycles. The van der Waals surface area contributed by atoms with Crippen LogP contribution in [0.1, 0.15) is 41.7 Å². The Hall–Kier alpha value is -1.75. The SMILES string of the molecule is CSC1CC2CCC(C1)N2C(=O)c1cnn(-c2ccccc2)c1C. The van der Waals surface area contributed by atoms with Crippen LogP contribution in [0.4, 0.5) is 0 Å². The van der Waals surface area contributed by atoms with Gasteiger partial charge in [0.1, 0.15) is 0 Å². The molecule has 5 heteroatoms. The number of amides is 1. The highest BCUT2D eigenvalue weighted by atomic mass is 32.2. The predicted molar refractivity (Wildman–Crippen MR) is 97.8 cm³/mol. The largest absolute Gasteiger partial charge is 0.332 e. The van der Waals surface area contributed by atoms with Crippen LogP contribution >= 0.6 is 11.8 Å². The number of hydrogen-bond acceptors (Lipinski definition) is 3. The Kier molecular flexibility index (Phi) is 4.12. The van der Waals surface area contributed by atoms with Gasteiger partial charge in [-0.05, 0) is 51.0 Å². The van der Waals surface area contributed by atoms with Gasteiger partial charge in [0.2, 0.25) is 0 Å². The Morgan fingerprint density at radius 1 is 1.17 bits per heavy atom. The monoisotopic (exact) mass is 341 g/mol. The zero-order valence-electron chi connectivity index (χ0n) is 14.2. The van der Waals surface area contributed by atoms with E-state index in [9.17, 15) is 4.79 Å². The molecule has 2 atom stereocenters. The van der Waals surface area contributed by atoms with Crippen LogP contribution in [0.3, 0.4) is 0 Å². The van der Waals surface area contributed by atoms with E-state index in [0.29, 0.717) is 17.3 Å². The molecule has 1 amide bonds. The first kappa shape index (κ1) is 15.8. The lowest BCUT2D eigenvalue weighted by Gasteiger charge is -2.38. The van der Waals surface area contributed by atoms with E-state index in [-0.39, 0.29) is 5.91 Å². The van der Waals surface area contributed by atoms with Crippen LogP contribution < -0.4 is 0 Å². The van der Waals surface area contributed by atoms with Gasteiger partial charge in [-0.15, -0.1) is 0 Å². The molecule has 2 unspecified atom stereocenters. The van der Waals surface area contributed by atoms with E-state index in [4.69, 9.17) is 0 Å². The van der Waals surface area contributed by atoms with E-state index in [2.05, 4.69) is 16.3 Å². The number of thioether (sulfide) groups is 1. The number of piperidine rings is 1. The average Bonchev–Trinajstić information content (AvgIpc) is 3.12. The molecule has 2 aliphatic rings. The first-order valence-corrected chi connectivity index (χ1v) is 9.93. The zero-order valence-corrected chi connectivity index (χ0v) is 15.0. The molecule has 0 radical (unpaired) electrons. The highest BCUT2D eigenvalue weighted by molar-refractivity contribution is 7.99. The summed E-state index contributed by atoms with van der Waals surface area (Å²) < 4.78 is 1.86. The number of carbonyl (C=O) groups excluding carboxylic acids is 1. The molecule has 0 spiro atoms. The minimum Gasteiger partial charge on any atom is -0.332 e. The van der Waals surface area contributed by atoms with Gasteiger partial charge in [-0.2, -0.15) is 16.9 Å². The molecule has 0 N–H and O–H groups in total. The van der Waals surface area contributed by atoms with Gasteiger partial charge in [0, 0.05) is 17.3 Å². The van der Waals surface area contributed by atoms with Crippen LogP contribution in [-0.4, -0.2) is 44.2 Å². The molecule has 4 rings (SSSR count).